The van der Waals surface area contributed by atoms with E-state index < -0.39 is 5.54 Å². The summed E-state index contributed by atoms with van der Waals surface area (Å²) in [7, 11) is 0. The molecule has 0 radical (unpaired) electrons. The average molecular weight is 358 g/mol. The molecule has 3 amide bonds. The third-order valence-electron chi connectivity index (χ3n) is 5.29. The normalized spacial score (nSPS) is 19.5. The van der Waals surface area contributed by atoms with Crippen molar-refractivity contribution in [2.75, 3.05) is 6.54 Å². The van der Waals surface area contributed by atoms with Gasteiger partial charge in [-0.2, -0.15) is 0 Å². The molecule has 4 rings (SSSR count). The molecule has 4 nitrogen and oxygen atoms in total. The number of carbonyl (C=O) groups is 2. The summed E-state index contributed by atoms with van der Waals surface area (Å²) < 4.78 is 0. The molecule has 136 valence electrons. The molecular formula is C23H22N2O2. The molecule has 3 aromatic rings. The Labute approximate surface area is 158 Å². The van der Waals surface area contributed by atoms with Crippen molar-refractivity contribution in [1.29, 1.82) is 0 Å². The highest BCUT2D eigenvalue weighted by molar-refractivity contribution is 6.09. The zero-order valence-electron chi connectivity index (χ0n) is 15.3. The molecule has 27 heavy (non-hydrogen) atoms. The second kappa shape index (κ2) is 6.88. The zero-order valence-corrected chi connectivity index (χ0v) is 15.3. The van der Waals surface area contributed by atoms with Gasteiger partial charge in [-0.05, 0) is 41.7 Å². The van der Waals surface area contributed by atoms with Gasteiger partial charge >= 0.3 is 6.03 Å². The molecule has 1 fully saturated rings. The van der Waals surface area contributed by atoms with Crippen LogP contribution in [0.4, 0.5) is 4.79 Å². The summed E-state index contributed by atoms with van der Waals surface area (Å²) in [5, 5.41) is 4.97. The minimum Gasteiger partial charge on any atom is -0.319 e. The molecule has 0 aromatic heterocycles. The number of nitrogens with zero attached hydrogens (tertiary/aromatic N) is 1. The number of fused-ring (bicyclic) bond motifs is 1. The van der Waals surface area contributed by atoms with Gasteiger partial charge in [0.15, 0.2) is 0 Å². The van der Waals surface area contributed by atoms with Crippen molar-refractivity contribution in [2.45, 2.75) is 25.3 Å². The van der Waals surface area contributed by atoms with Gasteiger partial charge in [-0.3, -0.25) is 9.69 Å². The fourth-order valence-corrected chi connectivity index (χ4v) is 3.83. The lowest BCUT2D eigenvalue weighted by Crippen LogP contribution is -2.41. The van der Waals surface area contributed by atoms with E-state index in [1.165, 1.54) is 10.5 Å². The van der Waals surface area contributed by atoms with E-state index in [0.29, 0.717) is 6.54 Å². The third-order valence-corrected chi connectivity index (χ3v) is 5.29. The van der Waals surface area contributed by atoms with Gasteiger partial charge in [0.25, 0.3) is 5.91 Å². The highest BCUT2D eigenvalue weighted by atomic mass is 16.2. The molecule has 4 heteroatoms. The average Bonchev–Trinajstić information content (AvgIpc) is 2.92. The van der Waals surface area contributed by atoms with Crippen molar-refractivity contribution < 1.29 is 9.59 Å². The Bertz CT molecular complexity index is 994. The predicted molar refractivity (Wildman–Crippen MR) is 106 cm³/mol. The number of carbonyl (C=O) groups excluding carboxylic acids is 2. The monoisotopic (exact) mass is 358 g/mol. The topological polar surface area (TPSA) is 49.4 Å². The van der Waals surface area contributed by atoms with Crippen molar-refractivity contribution in [3.8, 4) is 0 Å². The Morgan fingerprint density at radius 2 is 1.59 bits per heavy atom. The fourth-order valence-electron chi connectivity index (χ4n) is 3.83. The first kappa shape index (κ1) is 17.3. The van der Waals surface area contributed by atoms with Crippen LogP contribution in [0.15, 0.2) is 72.8 Å². The number of amides is 3. The number of aryl methyl sites for hydroxylation is 1. The van der Waals surface area contributed by atoms with E-state index in [4.69, 9.17) is 0 Å². The van der Waals surface area contributed by atoms with Gasteiger partial charge in [-0.25, -0.2) is 4.79 Å². The lowest BCUT2D eigenvalue weighted by atomic mass is 9.88. The van der Waals surface area contributed by atoms with E-state index in [2.05, 4.69) is 17.4 Å². The standard InChI is InChI=1S/C23H22N2O2/c1-23(20-15-7-13-18-12-5-6-14-19(18)20)21(26)25(22(27)24-23)16-8-11-17-9-3-2-4-10-17/h2-7,9-10,12-15H,8,11,16H2,1H3,(H,24,27)/t23-/m1/s1. The van der Waals surface area contributed by atoms with Crippen molar-refractivity contribution in [3.05, 3.63) is 83.9 Å². The summed E-state index contributed by atoms with van der Waals surface area (Å²) in [6.07, 6.45) is 1.58. The highest BCUT2D eigenvalue weighted by Crippen LogP contribution is 2.33. The molecule has 0 bridgehead atoms. The number of imide groups is 1. The predicted octanol–water partition coefficient (Wildman–Crippen LogP) is 4.24. The summed E-state index contributed by atoms with van der Waals surface area (Å²) in [4.78, 5) is 27.1. The van der Waals surface area contributed by atoms with Crippen molar-refractivity contribution in [1.82, 2.24) is 10.2 Å². The first-order valence-corrected chi connectivity index (χ1v) is 9.26. The molecule has 0 unspecified atom stereocenters. The molecule has 1 N–H and O–H groups in total. The number of rotatable bonds is 5. The van der Waals surface area contributed by atoms with Crippen LogP contribution in [-0.2, 0) is 16.8 Å². The molecular weight excluding hydrogens is 336 g/mol. The van der Waals surface area contributed by atoms with E-state index in [9.17, 15) is 9.59 Å². The van der Waals surface area contributed by atoms with Crippen LogP contribution < -0.4 is 5.32 Å². The maximum atomic E-state index is 13.2. The smallest absolute Gasteiger partial charge is 0.319 e. The van der Waals surface area contributed by atoms with E-state index in [-0.39, 0.29) is 11.9 Å². The molecule has 3 aromatic carbocycles. The Kier molecular flexibility index (Phi) is 4.40. The second-order valence-corrected chi connectivity index (χ2v) is 7.13. The van der Waals surface area contributed by atoms with E-state index in [1.54, 1.807) is 6.92 Å². The Morgan fingerprint density at radius 1 is 0.889 bits per heavy atom. The van der Waals surface area contributed by atoms with Crippen LogP contribution in [0.5, 0.6) is 0 Å². The summed E-state index contributed by atoms with van der Waals surface area (Å²) in [6.45, 7) is 2.21. The van der Waals surface area contributed by atoms with Crippen LogP contribution in [-0.4, -0.2) is 23.4 Å². The minimum atomic E-state index is -1.04. The maximum absolute atomic E-state index is 13.2. The fraction of sp³-hybridized carbons (Fsp3) is 0.217. The van der Waals surface area contributed by atoms with E-state index >= 15 is 0 Å². The number of hydrogen-bond donors (Lipinski definition) is 1. The summed E-state index contributed by atoms with van der Waals surface area (Å²) in [5.74, 6) is -0.183. The summed E-state index contributed by atoms with van der Waals surface area (Å²) in [6, 6.07) is 23.6. The van der Waals surface area contributed by atoms with Crippen molar-refractivity contribution in [3.63, 3.8) is 0 Å². The van der Waals surface area contributed by atoms with Gasteiger partial charge < -0.3 is 5.32 Å². The van der Waals surface area contributed by atoms with Gasteiger partial charge in [0.1, 0.15) is 5.54 Å². The van der Waals surface area contributed by atoms with Gasteiger partial charge in [0.2, 0.25) is 0 Å². The quantitative estimate of drug-likeness (QED) is 0.694. The first-order chi connectivity index (χ1) is 13.1. The summed E-state index contributed by atoms with van der Waals surface area (Å²) >= 11 is 0. The lowest BCUT2D eigenvalue weighted by molar-refractivity contribution is -0.131. The number of urea groups is 1. The third kappa shape index (κ3) is 3.08. The molecule has 1 saturated heterocycles. The molecule has 0 spiro atoms. The van der Waals surface area contributed by atoms with Gasteiger partial charge in [0, 0.05) is 6.54 Å². The lowest BCUT2D eigenvalue weighted by Gasteiger charge is -2.24. The first-order valence-electron chi connectivity index (χ1n) is 9.26. The van der Waals surface area contributed by atoms with Gasteiger partial charge in [0.05, 0.1) is 0 Å². The maximum Gasteiger partial charge on any atom is 0.325 e. The Morgan fingerprint density at radius 3 is 2.41 bits per heavy atom. The molecule has 0 aliphatic carbocycles. The van der Waals surface area contributed by atoms with Gasteiger partial charge in [-0.1, -0.05) is 72.8 Å². The summed E-state index contributed by atoms with van der Waals surface area (Å²) in [5.41, 5.74) is 1.01. The molecule has 1 aliphatic rings. The zero-order chi connectivity index (χ0) is 18.9. The van der Waals surface area contributed by atoms with Crippen LogP contribution in [0.1, 0.15) is 24.5 Å². The van der Waals surface area contributed by atoms with Crippen LogP contribution in [0.2, 0.25) is 0 Å². The van der Waals surface area contributed by atoms with Crippen LogP contribution in [0, 0.1) is 0 Å². The molecule has 0 saturated carbocycles. The molecule has 1 atom stereocenters. The minimum absolute atomic E-state index is 0.183. The van der Waals surface area contributed by atoms with E-state index in [0.717, 1.165) is 29.2 Å². The Hall–Kier alpha value is -3.14. The highest BCUT2D eigenvalue weighted by Gasteiger charge is 2.49. The molecule has 1 aliphatic heterocycles. The number of benzene rings is 3. The van der Waals surface area contributed by atoms with Crippen LogP contribution in [0.3, 0.4) is 0 Å². The molecule has 1 heterocycles. The SMILES string of the molecule is C[C@]1(c2cccc3ccccc23)NC(=O)N(CCCc2ccccc2)C1=O. The van der Waals surface area contributed by atoms with Crippen molar-refractivity contribution >= 4 is 22.7 Å². The van der Waals surface area contributed by atoms with Crippen LogP contribution in [0.25, 0.3) is 10.8 Å². The Balaban J connectivity index is 1.56. The second-order valence-electron chi connectivity index (χ2n) is 7.13. The number of nitrogens with one attached hydrogen (secondary N) is 1. The van der Waals surface area contributed by atoms with Crippen LogP contribution >= 0.6 is 0 Å². The van der Waals surface area contributed by atoms with Gasteiger partial charge in [-0.15, -0.1) is 0 Å². The van der Waals surface area contributed by atoms with E-state index in [1.807, 2.05) is 60.7 Å². The largest absolute Gasteiger partial charge is 0.325 e. The van der Waals surface area contributed by atoms with Crippen molar-refractivity contribution in [2.24, 2.45) is 0 Å². The number of hydrogen-bond acceptors (Lipinski definition) is 2.